The van der Waals surface area contributed by atoms with Crippen LogP contribution >= 0.6 is 0 Å². The average Bonchev–Trinajstić information content (AvgIpc) is 2.49. The molecule has 2 aliphatic carbocycles. The minimum Gasteiger partial charge on any atom is -0.462 e. The number of nitrogens with zero attached hydrogens (tertiary/aromatic N) is 1. The maximum atomic E-state index is 12.1. The van der Waals surface area contributed by atoms with Crippen LogP contribution in [0.1, 0.15) is 51.4 Å². The molecule has 0 saturated heterocycles. The van der Waals surface area contributed by atoms with Crippen molar-refractivity contribution < 1.29 is 24.2 Å². The third-order valence-corrected chi connectivity index (χ3v) is 4.47. The Hall–Kier alpha value is -1.61. The summed E-state index contributed by atoms with van der Waals surface area (Å²) in [5.41, 5.74) is 0. The zero-order valence-electron chi connectivity index (χ0n) is 12.0. The lowest BCUT2D eigenvalue weighted by molar-refractivity contribution is -0.158. The molecule has 6 heteroatoms. The fraction of sp³-hybridized carbons (Fsp3) is 0.800. The zero-order chi connectivity index (χ0) is 15.2. The van der Waals surface area contributed by atoms with Crippen LogP contribution in [0.5, 0.6) is 0 Å². The molecular weight excluding hydrogens is 274 g/mol. The lowest BCUT2D eigenvalue weighted by atomic mass is 9.86. The highest BCUT2D eigenvalue weighted by molar-refractivity contribution is 5.74. The standard InChI is InChI=1S/C15H21NO5/c16-9-20-14(18)10-3-7-13(8-4-10)21-15(19)11-1-5-12(17)6-2-11/h10-13,17H,1-8H2. The van der Waals surface area contributed by atoms with Crippen molar-refractivity contribution in [2.45, 2.75) is 63.6 Å². The van der Waals surface area contributed by atoms with E-state index in [-0.39, 0.29) is 30.0 Å². The Balaban J connectivity index is 1.72. The van der Waals surface area contributed by atoms with Crippen LogP contribution < -0.4 is 0 Å². The Labute approximate surface area is 124 Å². The van der Waals surface area contributed by atoms with Gasteiger partial charge < -0.3 is 14.6 Å². The molecular formula is C15H21NO5. The van der Waals surface area contributed by atoms with Crippen LogP contribution in [0, 0.1) is 23.4 Å². The fourth-order valence-electron chi connectivity index (χ4n) is 3.12. The summed E-state index contributed by atoms with van der Waals surface area (Å²) in [6.45, 7) is 0. The average molecular weight is 295 g/mol. The van der Waals surface area contributed by atoms with Gasteiger partial charge in [0.15, 0.2) is 0 Å². The van der Waals surface area contributed by atoms with Crippen LogP contribution in [-0.4, -0.2) is 29.3 Å². The second kappa shape index (κ2) is 7.41. The molecule has 0 unspecified atom stereocenters. The molecule has 0 bridgehead atoms. The SMILES string of the molecule is N#COC(=O)C1CCC(OC(=O)C2CCC(O)CC2)CC1. The van der Waals surface area contributed by atoms with Gasteiger partial charge in [-0.2, -0.15) is 0 Å². The van der Waals surface area contributed by atoms with E-state index in [1.54, 1.807) is 0 Å². The molecule has 2 rings (SSSR count). The minimum atomic E-state index is -0.483. The van der Waals surface area contributed by atoms with E-state index in [2.05, 4.69) is 4.74 Å². The topological polar surface area (TPSA) is 96.6 Å². The molecule has 0 atom stereocenters. The van der Waals surface area contributed by atoms with Crippen LogP contribution in [0.25, 0.3) is 0 Å². The van der Waals surface area contributed by atoms with Gasteiger partial charge in [0.1, 0.15) is 6.10 Å². The number of carbonyl (C=O) groups is 2. The number of aliphatic hydroxyl groups is 1. The Morgan fingerprint density at radius 3 is 2.00 bits per heavy atom. The summed E-state index contributed by atoms with van der Waals surface area (Å²) in [4.78, 5) is 23.5. The van der Waals surface area contributed by atoms with Gasteiger partial charge in [-0.05, 0) is 51.4 Å². The zero-order valence-corrected chi connectivity index (χ0v) is 12.0. The van der Waals surface area contributed by atoms with Crippen LogP contribution in [0.3, 0.4) is 0 Å². The van der Waals surface area contributed by atoms with Crippen LogP contribution in [0.15, 0.2) is 0 Å². The Kier molecular flexibility index (Phi) is 5.57. The van der Waals surface area contributed by atoms with Crippen molar-refractivity contribution in [3.8, 4) is 6.26 Å². The maximum absolute atomic E-state index is 12.1. The highest BCUT2D eigenvalue weighted by Crippen LogP contribution is 2.30. The molecule has 0 aliphatic heterocycles. The molecule has 1 N–H and O–H groups in total. The third kappa shape index (κ3) is 4.43. The van der Waals surface area contributed by atoms with Gasteiger partial charge in [0.2, 0.25) is 0 Å². The van der Waals surface area contributed by atoms with Crippen molar-refractivity contribution in [1.29, 1.82) is 5.26 Å². The lowest BCUT2D eigenvalue weighted by Crippen LogP contribution is -2.32. The summed E-state index contributed by atoms with van der Waals surface area (Å²) in [5, 5.41) is 17.8. The molecule has 0 aromatic rings. The Morgan fingerprint density at radius 1 is 0.905 bits per heavy atom. The van der Waals surface area contributed by atoms with Gasteiger partial charge in [0.05, 0.1) is 17.9 Å². The van der Waals surface area contributed by atoms with E-state index in [1.807, 2.05) is 0 Å². The number of hydrogen-bond donors (Lipinski definition) is 1. The van der Waals surface area contributed by atoms with E-state index in [1.165, 1.54) is 6.26 Å². The molecule has 0 aromatic heterocycles. The van der Waals surface area contributed by atoms with E-state index in [0.29, 0.717) is 51.4 Å². The molecule has 6 nitrogen and oxygen atoms in total. The number of carbonyl (C=O) groups excluding carboxylic acids is 2. The molecule has 0 heterocycles. The third-order valence-electron chi connectivity index (χ3n) is 4.47. The molecule has 0 amide bonds. The number of esters is 2. The summed E-state index contributed by atoms with van der Waals surface area (Å²) >= 11 is 0. The van der Waals surface area contributed by atoms with Crippen molar-refractivity contribution in [3.63, 3.8) is 0 Å². The summed E-state index contributed by atoms with van der Waals surface area (Å²) < 4.78 is 9.85. The first-order valence-corrected chi connectivity index (χ1v) is 7.58. The van der Waals surface area contributed by atoms with Crippen LogP contribution in [0.4, 0.5) is 0 Å². The fourth-order valence-corrected chi connectivity index (χ4v) is 3.12. The number of nitriles is 1. The Morgan fingerprint density at radius 2 is 1.43 bits per heavy atom. The number of rotatable bonds is 3. The number of ether oxygens (including phenoxy) is 2. The minimum absolute atomic E-state index is 0.102. The molecule has 21 heavy (non-hydrogen) atoms. The normalized spacial score (nSPS) is 32.8. The van der Waals surface area contributed by atoms with Gasteiger partial charge in [-0.15, -0.1) is 5.26 Å². The molecule has 2 fully saturated rings. The smallest absolute Gasteiger partial charge is 0.324 e. The van der Waals surface area contributed by atoms with E-state index in [0.717, 1.165) is 0 Å². The largest absolute Gasteiger partial charge is 0.462 e. The van der Waals surface area contributed by atoms with Gasteiger partial charge >= 0.3 is 11.9 Å². The molecule has 0 aromatic carbocycles. The number of hydrogen-bond acceptors (Lipinski definition) is 6. The van der Waals surface area contributed by atoms with E-state index in [4.69, 9.17) is 10.00 Å². The van der Waals surface area contributed by atoms with Gasteiger partial charge in [0, 0.05) is 0 Å². The predicted molar refractivity (Wildman–Crippen MR) is 71.5 cm³/mol. The summed E-state index contributed by atoms with van der Waals surface area (Å²) in [6, 6.07) is 0. The number of aliphatic hydroxyl groups excluding tert-OH is 1. The van der Waals surface area contributed by atoms with Crippen molar-refractivity contribution in [2.24, 2.45) is 11.8 Å². The predicted octanol–water partition coefficient (Wildman–Crippen LogP) is 1.66. The maximum Gasteiger partial charge on any atom is 0.324 e. The van der Waals surface area contributed by atoms with Crippen molar-refractivity contribution in [1.82, 2.24) is 0 Å². The second-order valence-electron chi connectivity index (χ2n) is 5.93. The van der Waals surface area contributed by atoms with Crippen LogP contribution in [0.2, 0.25) is 0 Å². The van der Waals surface area contributed by atoms with E-state index in [9.17, 15) is 14.7 Å². The second-order valence-corrected chi connectivity index (χ2v) is 5.93. The molecule has 0 radical (unpaired) electrons. The first-order valence-electron chi connectivity index (χ1n) is 7.58. The first kappa shape index (κ1) is 15.8. The monoisotopic (exact) mass is 295 g/mol. The van der Waals surface area contributed by atoms with Crippen molar-refractivity contribution in [2.75, 3.05) is 0 Å². The highest BCUT2D eigenvalue weighted by Gasteiger charge is 2.32. The van der Waals surface area contributed by atoms with Crippen molar-refractivity contribution in [3.05, 3.63) is 0 Å². The molecule has 2 saturated carbocycles. The van der Waals surface area contributed by atoms with Gasteiger partial charge in [-0.25, -0.2) is 0 Å². The molecule has 116 valence electrons. The van der Waals surface area contributed by atoms with E-state index < -0.39 is 5.97 Å². The lowest BCUT2D eigenvalue weighted by Gasteiger charge is -2.29. The van der Waals surface area contributed by atoms with Gasteiger partial charge in [-0.3, -0.25) is 9.59 Å². The summed E-state index contributed by atoms with van der Waals surface area (Å²) in [6.07, 6.45) is 6.09. The van der Waals surface area contributed by atoms with Crippen LogP contribution in [-0.2, 0) is 19.1 Å². The molecule has 2 aliphatic rings. The quantitative estimate of drug-likeness (QED) is 0.628. The Bertz CT molecular complexity index is 414. The van der Waals surface area contributed by atoms with Gasteiger partial charge in [0.25, 0.3) is 6.26 Å². The van der Waals surface area contributed by atoms with Gasteiger partial charge in [-0.1, -0.05) is 0 Å². The summed E-state index contributed by atoms with van der Waals surface area (Å²) in [5.74, 6) is -1.02. The van der Waals surface area contributed by atoms with Crippen molar-refractivity contribution >= 4 is 11.9 Å². The molecule has 0 spiro atoms. The highest BCUT2D eigenvalue weighted by atomic mass is 16.5. The van der Waals surface area contributed by atoms with E-state index >= 15 is 0 Å². The first-order chi connectivity index (χ1) is 10.1. The summed E-state index contributed by atoms with van der Waals surface area (Å²) in [7, 11) is 0.